The molecule has 1 heterocycles. The minimum Gasteiger partial charge on any atom is -0.349 e. The number of hydrogen-bond acceptors (Lipinski definition) is 3. The molecule has 4 rings (SSSR count). The van der Waals surface area contributed by atoms with Crippen LogP contribution >= 0.6 is 11.6 Å². The molecule has 0 radical (unpaired) electrons. The van der Waals surface area contributed by atoms with Gasteiger partial charge < -0.3 is 10.6 Å². The summed E-state index contributed by atoms with van der Waals surface area (Å²) in [6.45, 7) is 2.11. The lowest BCUT2D eigenvalue weighted by molar-refractivity contribution is 0.0927. The van der Waals surface area contributed by atoms with Gasteiger partial charge in [0.05, 0.1) is 5.56 Å². The Kier molecular flexibility index (Phi) is 5.36. The zero-order chi connectivity index (χ0) is 19.7. The SMILES string of the molecule is CC[C@@H](NC(=O)c1ccc(Cl)cc1)C1[C@H]2CC(NC(=O)c3cccnc3)C[C@@H]12. The number of hydrogen-bond donors (Lipinski definition) is 2. The Bertz CT molecular complexity index is 844. The maximum Gasteiger partial charge on any atom is 0.253 e. The van der Waals surface area contributed by atoms with Crippen LogP contribution in [-0.4, -0.2) is 28.9 Å². The second-order valence-corrected chi connectivity index (χ2v) is 8.22. The zero-order valence-electron chi connectivity index (χ0n) is 15.8. The van der Waals surface area contributed by atoms with Crippen LogP contribution in [0.5, 0.6) is 0 Å². The van der Waals surface area contributed by atoms with Crippen LogP contribution in [-0.2, 0) is 0 Å². The predicted molar refractivity (Wildman–Crippen MR) is 108 cm³/mol. The third kappa shape index (κ3) is 3.90. The first-order chi connectivity index (χ1) is 13.6. The van der Waals surface area contributed by atoms with Gasteiger partial charge in [0.15, 0.2) is 0 Å². The fourth-order valence-electron chi connectivity index (χ4n) is 4.70. The number of fused-ring (bicyclic) bond motifs is 1. The van der Waals surface area contributed by atoms with E-state index in [-0.39, 0.29) is 23.9 Å². The van der Waals surface area contributed by atoms with Gasteiger partial charge in [0.2, 0.25) is 0 Å². The van der Waals surface area contributed by atoms with Crippen LogP contribution in [0.3, 0.4) is 0 Å². The van der Waals surface area contributed by atoms with E-state index in [4.69, 9.17) is 11.6 Å². The number of pyridine rings is 1. The molecule has 2 aromatic rings. The van der Waals surface area contributed by atoms with E-state index in [0.29, 0.717) is 33.9 Å². The van der Waals surface area contributed by atoms with Gasteiger partial charge >= 0.3 is 0 Å². The molecule has 5 atom stereocenters. The molecule has 2 saturated carbocycles. The Balaban J connectivity index is 1.30. The summed E-state index contributed by atoms with van der Waals surface area (Å²) in [7, 11) is 0. The third-order valence-corrected chi connectivity index (χ3v) is 6.35. The molecule has 2 aliphatic rings. The molecule has 0 saturated heterocycles. The molecule has 0 bridgehead atoms. The highest BCUT2D eigenvalue weighted by Gasteiger charge is 2.58. The van der Waals surface area contributed by atoms with Gasteiger partial charge in [-0.25, -0.2) is 0 Å². The lowest BCUT2D eigenvalue weighted by Gasteiger charge is -2.22. The smallest absolute Gasteiger partial charge is 0.253 e. The first kappa shape index (κ1) is 18.9. The van der Waals surface area contributed by atoms with Gasteiger partial charge in [-0.15, -0.1) is 0 Å². The van der Waals surface area contributed by atoms with E-state index in [1.165, 1.54) is 0 Å². The van der Waals surface area contributed by atoms with Gasteiger partial charge in [0.1, 0.15) is 0 Å². The van der Waals surface area contributed by atoms with E-state index in [1.54, 1.807) is 48.8 Å². The molecule has 5 nitrogen and oxygen atoms in total. The number of rotatable bonds is 6. The lowest BCUT2D eigenvalue weighted by Crippen LogP contribution is -2.39. The minimum absolute atomic E-state index is 0.0464. The second-order valence-electron chi connectivity index (χ2n) is 7.78. The maximum atomic E-state index is 12.5. The van der Waals surface area contributed by atoms with Crippen LogP contribution in [0.2, 0.25) is 5.02 Å². The van der Waals surface area contributed by atoms with E-state index in [9.17, 15) is 9.59 Å². The van der Waals surface area contributed by atoms with Crippen LogP contribution in [0, 0.1) is 17.8 Å². The Labute approximate surface area is 169 Å². The molecule has 146 valence electrons. The van der Waals surface area contributed by atoms with Crippen molar-refractivity contribution in [1.82, 2.24) is 15.6 Å². The first-order valence-corrected chi connectivity index (χ1v) is 10.2. The molecule has 2 N–H and O–H groups in total. The molecule has 0 aliphatic heterocycles. The summed E-state index contributed by atoms with van der Waals surface area (Å²) in [5.41, 5.74) is 1.23. The van der Waals surface area contributed by atoms with Gasteiger partial charge in [-0.3, -0.25) is 14.6 Å². The van der Waals surface area contributed by atoms with E-state index >= 15 is 0 Å². The van der Waals surface area contributed by atoms with Gasteiger partial charge in [0, 0.05) is 35.1 Å². The normalized spacial score (nSPS) is 26.2. The van der Waals surface area contributed by atoms with E-state index < -0.39 is 0 Å². The molecular formula is C22H24ClN3O2. The van der Waals surface area contributed by atoms with Gasteiger partial charge in [-0.05, 0) is 73.4 Å². The molecule has 1 aromatic heterocycles. The third-order valence-electron chi connectivity index (χ3n) is 6.10. The molecule has 1 aromatic carbocycles. The Morgan fingerprint density at radius 2 is 1.82 bits per heavy atom. The largest absolute Gasteiger partial charge is 0.349 e. The Morgan fingerprint density at radius 1 is 1.11 bits per heavy atom. The van der Waals surface area contributed by atoms with Crippen molar-refractivity contribution in [3.63, 3.8) is 0 Å². The fourth-order valence-corrected chi connectivity index (χ4v) is 4.82. The molecule has 6 heteroatoms. The average molecular weight is 398 g/mol. The van der Waals surface area contributed by atoms with Crippen molar-refractivity contribution < 1.29 is 9.59 Å². The topological polar surface area (TPSA) is 71.1 Å². The Morgan fingerprint density at radius 3 is 2.43 bits per heavy atom. The highest BCUT2D eigenvalue weighted by molar-refractivity contribution is 6.30. The van der Waals surface area contributed by atoms with E-state index in [2.05, 4.69) is 22.5 Å². The van der Waals surface area contributed by atoms with Crippen molar-refractivity contribution in [2.24, 2.45) is 17.8 Å². The van der Waals surface area contributed by atoms with Crippen LogP contribution in [0.1, 0.15) is 46.9 Å². The molecule has 0 spiro atoms. The van der Waals surface area contributed by atoms with Gasteiger partial charge in [-0.1, -0.05) is 18.5 Å². The number of amides is 2. The second kappa shape index (κ2) is 7.92. The minimum atomic E-state index is -0.0565. The number of carbonyl (C=O) groups excluding carboxylic acids is 2. The maximum absolute atomic E-state index is 12.5. The fraction of sp³-hybridized carbons (Fsp3) is 0.409. The lowest BCUT2D eigenvalue weighted by atomic mass is 9.99. The highest BCUT2D eigenvalue weighted by Crippen LogP contribution is 2.59. The standard InChI is InChI=1S/C22H24ClN3O2/c1-2-19(26-21(27)13-5-7-15(23)8-6-13)20-17-10-16(11-18(17)20)25-22(28)14-4-3-9-24-12-14/h3-9,12,16-20H,2,10-11H2,1H3,(H,25,28)(H,26,27)/t16?,17-,18+,19-,20?/m1/s1. The van der Waals surface area contributed by atoms with E-state index in [1.807, 2.05) is 0 Å². The van der Waals surface area contributed by atoms with Crippen LogP contribution < -0.4 is 10.6 Å². The van der Waals surface area contributed by atoms with Crippen LogP contribution in [0.15, 0.2) is 48.8 Å². The van der Waals surface area contributed by atoms with Crippen molar-refractivity contribution in [2.75, 3.05) is 0 Å². The van der Waals surface area contributed by atoms with Crippen LogP contribution in [0.25, 0.3) is 0 Å². The summed E-state index contributed by atoms with van der Waals surface area (Å²) >= 11 is 5.90. The number of nitrogens with zero attached hydrogens (tertiary/aromatic N) is 1. The number of halogens is 1. The molecule has 28 heavy (non-hydrogen) atoms. The molecular weight excluding hydrogens is 374 g/mol. The predicted octanol–water partition coefficient (Wildman–Crippen LogP) is 3.70. The van der Waals surface area contributed by atoms with E-state index in [0.717, 1.165) is 19.3 Å². The van der Waals surface area contributed by atoms with Gasteiger partial charge in [0.25, 0.3) is 11.8 Å². The Hall–Kier alpha value is -2.40. The quantitative estimate of drug-likeness (QED) is 0.780. The summed E-state index contributed by atoms with van der Waals surface area (Å²) in [5.74, 6) is 1.56. The average Bonchev–Trinajstić information content (AvgIpc) is 3.20. The summed E-state index contributed by atoms with van der Waals surface area (Å²) < 4.78 is 0. The number of nitrogens with one attached hydrogen (secondary N) is 2. The number of benzene rings is 1. The van der Waals surface area contributed by atoms with Crippen molar-refractivity contribution >= 4 is 23.4 Å². The zero-order valence-corrected chi connectivity index (χ0v) is 16.5. The number of aromatic nitrogens is 1. The van der Waals surface area contributed by atoms with Crippen molar-refractivity contribution in [3.05, 3.63) is 64.9 Å². The summed E-state index contributed by atoms with van der Waals surface area (Å²) in [6, 6.07) is 10.9. The molecule has 2 amide bonds. The molecule has 2 fully saturated rings. The monoisotopic (exact) mass is 397 g/mol. The highest BCUT2D eigenvalue weighted by atomic mass is 35.5. The first-order valence-electron chi connectivity index (χ1n) is 9.84. The summed E-state index contributed by atoms with van der Waals surface area (Å²) in [4.78, 5) is 28.8. The van der Waals surface area contributed by atoms with Crippen molar-refractivity contribution in [1.29, 1.82) is 0 Å². The van der Waals surface area contributed by atoms with Gasteiger partial charge in [-0.2, -0.15) is 0 Å². The van der Waals surface area contributed by atoms with Crippen molar-refractivity contribution in [2.45, 2.75) is 38.3 Å². The van der Waals surface area contributed by atoms with Crippen molar-refractivity contribution in [3.8, 4) is 0 Å². The molecule has 2 unspecified atom stereocenters. The molecule has 2 aliphatic carbocycles. The van der Waals surface area contributed by atoms with Crippen LogP contribution in [0.4, 0.5) is 0 Å². The summed E-state index contributed by atoms with van der Waals surface area (Å²) in [6.07, 6.45) is 6.12. The summed E-state index contributed by atoms with van der Waals surface area (Å²) in [5, 5.41) is 6.95. The number of carbonyl (C=O) groups is 2.